The van der Waals surface area contributed by atoms with Gasteiger partial charge in [0.2, 0.25) is 0 Å². The number of aromatic nitrogens is 2. The molecule has 2 N–H and O–H groups in total. The molecular formula is C18H22N4O. The van der Waals surface area contributed by atoms with Gasteiger partial charge >= 0.3 is 0 Å². The first kappa shape index (κ1) is 14.5. The van der Waals surface area contributed by atoms with E-state index in [4.69, 9.17) is 0 Å². The number of amides is 1. The van der Waals surface area contributed by atoms with Gasteiger partial charge in [-0.3, -0.25) is 9.89 Å². The van der Waals surface area contributed by atoms with Gasteiger partial charge in [-0.1, -0.05) is 30.3 Å². The minimum Gasteiger partial charge on any atom is -0.337 e. The van der Waals surface area contributed by atoms with Gasteiger partial charge in [-0.25, -0.2) is 0 Å². The summed E-state index contributed by atoms with van der Waals surface area (Å²) >= 11 is 0. The second-order valence-electron chi connectivity index (χ2n) is 6.71. The van der Waals surface area contributed by atoms with E-state index >= 15 is 0 Å². The number of H-pyrrole nitrogens is 1. The summed E-state index contributed by atoms with van der Waals surface area (Å²) < 4.78 is 0. The van der Waals surface area contributed by atoms with Crippen LogP contribution < -0.4 is 5.32 Å². The predicted octanol–water partition coefficient (Wildman–Crippen LogP) is 2.43. The average molecular weight is 310 g/mol. The van der Waals surface area contributed by atoms with Crippen molar-refractivity contribution in [2.75, 3.05) is 7.05 Å². The third-order valence-corrected chi connectivity index (χ3v) is 5.19. The van der Waals surface area contributed by atoms with Crippen LogP contribution in [0.4, 0.5) is 0 Å². The number of hydrogen-bond acceptors (Lipinski definition) is 3. The smallest absolute Gasteiger partial charge is 0.271 e. The second-order valence-corrected chi connectivity index (χ2v) is 6.71. The standard InChI is InChI=1S/C18H22N4O/c1-22(15-9-13-7-8-14(10-15)19-13)18(23)17-11-16(20-21-17)12-5-3-2-4-6-12/h2-6,11,13-15,19H,7-10H2,1H3,(H,20,21). The third kappa shape index (κ3) is 2.77. The summed E-state index contributed by atoms with van der Waals surface area (Å²) in [5, 5.41) is 10.8. The molecule has 1 aromatic heterocycles. The second kappa shape index (κ2) is 5.81. The van der Waals surface area contributed by atoms with Crippen LogP contribution in [0, 0.1) is 0 Å². The highest BCUT2D eigenvalue weighted by atomic mass is 16.2. The Kier molecular flexibility index (Phi) is 3.65. The van der Waals surface area contributed by atoms with Crippen molar-refractivity contribution in [3.8, 4) is 11.3 Å². The number of aromatic amines is 1. The Morgan fingerprint density at radius 3 is 2.57 bits per heavy atom. The van der Waals surface area contributed by atoms with Gasteiger partial charge < -0.3 is 10.2 Å². The van der Waals surface area contributed by atoms with Crippen molar-refractivity contribution in [3.05, 3.63) is 42.1 Å². The van der Waals surface area contributed by atoms with Crippen molar-refractivity contribution in [2.45, 2.75) is 43.8 Å². The van der Waals surface area contributed by atoms with Crippen LogP contribution in [0.2, 0.25) is 0 Å². The van der Waals surface area contributed by atoms with Crippen LogP contribution in [0.15, 0.2) is 36.4 Å². The molecule has 0 saturated carbocycles. The molecule has 2 saturated heterocycles. The van der Waals surface area contributed by atoms with E-state index in [0.717, 1.165) is 24.1 Å². The Labute approximate surface area is 136 Å². The van der Waals surface area contributed by atoms with Gasteiger partial charge in [0.05, 0.1) is 5.69 Å². The van der Waals surface area contributed by atoms with E-state index in [9.17, 15) is 4.79 Å². The highest BCUT2D eigenvalue weighted by Gasteiger charge is 2.36. The summed E-state index contributed by atoms with van der Waals surface area (Å²) in [6.07, 6.45) is 4.59. The number of nitrogens with one attached hydrogen (secondary N) is 2. The molecule has 2 unspecified atom stereocenters. The number of piperidine rings is 1. The molecule has 120 valence electrons. The lowest BCUT2D eigenvalue weighted by Gasteiger charge is -2.35. The normalized spacial score (nSPS) is 26.2. The Morgan fingerprint density at radius 2 is 1.87 bits per heavy atom. The van der Waals surface area contributed by atoms with Gasteiger partial charge in [0.15, 0.2) is 0 Å². The number of hydrogen-bond donors (Lipinski definition) is 2. The average Bonchev–Trinajstić information content (AvgIpc) is 3.21. The summed E-state index contributed by atoms with van der Waals surface area (Å²) in [6, 6.07) is 13.3. The quantitative estimate of drug-likeness (QED) is 0.915. The summed E-state index contributed by atoms with van der Waals surface area (Å²) in [5.41, 5.74) is 2.40. The Bertz CT molecular complexity index is 684. The van der Waals surface area contributed by atoms with Crippen LogP contribution in [0.3, 0.4) is 0 Å². The van der Waals surface area contributed by atoms with Crippen molar-refractivity contribution < 1.29 is 4.79 Å². The molecule has 5 heteroatoms. The van der Waals surface area contributed by atoms with Gasteiger partial charge in [0, 0.05) is 30.7 Å². The first-order valence-electron chi connectivity index (χ1n) is 8.35. The number of benzene rings is 1. The molecule has 2 aliphatic rings. The molecule has 5 nitrogen and oxygen atoms in total. The van der Waals surface area contributed by atoms with E-state index in [1.807, 2.05) is 48.3 Å². The largest absolute Gasteiger partial charge is 0.337 e. The van der Waals surface area contributed by atoms with E-state index in [0.29, 0.717) is 23.8 Å². The number of carbonyl (C=O) groups excluding carboxylic acids is 1. The predicted molar refractivity (Wildman–Crippen MR) is 89.1 cm³/mol. The molecule has 2 atom stereocenters. The zero-order chi connectivity index (χ0) is 15.8. The summed E-state index contributed by atoms with van der Waals surface area (Å²) in [7, 11) is 1.92. The molecule has 0 spiro atoms. The lowest BCUT2D eigenvalue weighted by Crippen LogP contribution is -2.48. The topological polar surface area (TPSA) is 61.0 Å². The molecule has 1 amide bonds. The molecule has 2 aromatic rings. The number of rotatable bonds is 3. The maximum Gasteiger partial charge on any atom is 0.271 e. The first-order valence-corrected chi connectivity index (χ1v) is 8.35. The van der Waals surface area contributed by atoms with Crippen molar-refractivity contribution >= 4 is 5.91 Å². The van der Waals surface area contributed by atoms with Crippen molar-refractivity contribution in [1.82, 2.24) is 20.4 Å². The fourth-order valence-electron chi connectivity index (χ4n) is 3.89. The molecule has 2 aliphatic heterocycles. The minimum absolute atomic E-state index is 0.0333. The number of fused-ring (bicyclic) bond motifs is 2. The van der Waals surface area contributed by atoms with E-state index in [1.165, 1.54) is 12.8 Å². The van der Waals surface area contributed by atoms with E-state index < -0.39 is 0 Å². The first-order chi connectivity index (χ1) is 11.2. The van der Waals surface area contributed by atoms with Crippen LogP contribution in [0.1, 0.15) is 36.2 Å². The maximum atomic E-state index is 12.8. The molecule has 1 aromatic carbocycles. The van der Waals surface area contributed by atoms with Gasteiger partial charge in [-0.2, -0.15) is 5.10 Å². The Balaban J connectivity index is 1.49. The van der Waals surface area contributed by atoms with Crippen LogP contribution in [0.5, 0.6) is 0 Å². The Hall–Kier alpha value is -2.14. The van der Waals surface area contributed by atoms with Crippen molar-refractivity contribution in [1.29, 1.82) is 0 Å². The van der Waals surface area contributed by atoms with E-state index in [-0.39, 0.29) is 5.91 Å². The fourth-order valence-corrected chi connectivity index (χ4v) is 3.89. The molecule has 0 radical (unpaired) electrons. The van der Waals surface area contributed by atoms with Crippen molar-refractivity contribution in [3.63, 3.8) is 0 Å². The van der Waals surface area contributed by atoms with E-state index in [1.54, 1.807) is 0 Å². The lowest BCUT2D eigenvalue weighted by molar-refractivity contribution is 0.0675. The molecule has 4 rings (SSSR count). The molecule has 0 aliphatic carbocycles. The maximum absolute atomic E-state index is 12.8. The van der Waals surface area contributed by atoms with Crippen LogP contribution in [-0.2, 0) is 0 Å². The van der Waals surface area contributed by atoms with Crippen LogP contribution >= 0.6 is 0 Å². The Morgan fingerprint density at radius 1 is 1.17 bits per heavy atom. The summed E-state index contributed by atoms with van der Waals surface area (Å²) in [4.78, 5) is 14.7. The number of carbonyl (C=O) groups is 1. The SMILES string of the molecule is CN(C(=O)c1cc(-c2ccccc2)n[nH]1)C1CC2CCC(C1)N2. The minimum atomic E-state index is 0.0333. The molecule has 2 bridgehead atoms. The van der Waals surface area contributed by atoms with Gasteiger partial charge in [0.25, 0.3) is 5.91 Å². The number of nitrogens with zero attached hydrogens (tertiary/aromatic N) is 2. The summed E-state index contributed by atoms with van der Waals surface area (Å²) in [5.74, 6) is 0.0333. The van der Waals surface area contributed by atoms with E-state index in [2.05, 4.69) is 15.5 Å². The molecule has 2 fully saturated rings. The lowest BCUT2D eigenvalue weighted by atomic mass is 9.98. The van der Waals surface area contributed by atoms with Crippen molar-refractivity contribution in [2.24, 2.45) is 0 Å². The van der Waals surface area contributed by atoms with Crippen LogP contribution in [-0.4, -0.2) is 46.2 Å². The molecule has 3 heterocycles. The molecular weight excluding hydrogens is 288 g/mol. The highest BCUT2D eigenvalue weighted by Crippen LogP contribution is 2.30. The summed E-state index contributed by atoms with van der Waals surface area (Å²) in [6.45, 7) is 0. The fraction of sp³-hybridized carbons (Fsp3) is 0.444. The van der Waals surface area contributed by atoms with Gasteiger partial charge in [-0.05, 0) is 31.7 Å². The van der Waals surface area contributed by atoms with Gasteiger partial charge in [-0.15, -0.1) is 0 Å². The molecule has 23 heavy (non-hydrogen) atoms. The monoisotopic (exact) mass is 310 g/mol. The zero-order valence-corrected chi connectivity index (χ0v) is 13.3. The third-order valence-electron chi connectivity index (χ3n) is 5.19. The highest BCUT2D eigenvalue weighted by molar-refractivity contribution is 5.93. The van der Waals surface area contributed by atoms with Crippen LogP contribution in [0.25, 0.3) is 11.3 Å². The van der Waals surface area contributed by atoms with Gasteiger partial charge in [0.1, 0.15) is 5.69 Å². The zero-order valence-electron chi connectivity index (χ0n) is 13.3.